The first kappa shape index (κ1) is 14.9. The van der Waals surface area contributed by atoms with Crippen LogP contribution in [0.5, 0.6) is 0 Å². The molecule has 0 radical (unpaired) electrons. The minimum atomic E-state index is -0.297. The molecule has 1 atom stereocenters. The molecule has 1 aromatic carbocycles. The summed E-state index contributed by atoms with van der Waals surface area (Å²) in [6.07, 6.45) is 2.38. The van der Waals surface area contributed by atoms with E-state index in [1.54, 1.807) is 6.07 Å². The van der Waals surface area contributed by atoms with Gasteiger partial charge in [-0.25, -0.2) is 9.02 Å². The van der Waals surface area contributed by atoms with Crippen molar-refractivity contribution in [2.24, 2.45) is 10.9 Å². The summed E-state index contributed by atoms with van der Waals surface area (Å²) >= 11 is 0. The molecule has 0 bridgehead atoms. The zero-order chi connectivity index (χ0) is 16.7. The highest BCUT2D eigenvalue weighted by molar-refractivity contribution is 6.00. The number of nitrogens with zero attached hydrogens (tertiary/aromatic N) is 3. The standard InChI is InChI=1S/C15H17FN6O2/c16-8-2-1-7-3-12(11(7)4-8)19-14(20-23)13-15(22-24-21-13)18-10-5-9(17)6-10/h1-2,4,9-10,12,23H,3,5-6,17H2,(H,18,22)(H,19,20)/t9-,10-,12-/m0/s1. The number of oxime groups is 1. The lowest BCUT2D eigenvalue weighted by atomic mass is 9.83. The normalized spacial score (nSPS) is 25.4. The molecule has 5 N–H and O–H groups in total. The molecular weight excluding hydrogens is 315 g/mol. The number of benzene rings is 1. The fourth-order valence-electron chi connectivity index (χ4n) is 3.12. The van der Waals surface area contributed by atoms with Gasteiger partial charge in [-0.1, -0.05) is 11.2 Å². The van der Waals surface area contributed by atoms with Gasteiger partial charge in [0.15, 0.2) is 11.5 Å². The Bertz CT molecular complexity index is 786. The summed E-state index contributed by atoms with van der Waals surface area (Å²) in [5.74, 6) is 0.225. The number of nitrogens with two attached hydrogens (primary N) is 1. The third kappa shape index (κ3) is 2.56. The topological polar surface area (TPSA) is 122 Å². The maximum absolute atomic E-state index is 13.4. The highest BCUT2D eigenvalue weighted by Crippen LogP contribution is 2.34. The van der Waals surface area contributed by atoms with Crippen LogP contribution >= 0.6 is 0 Å². The molecule has 126 valence electrons. The first-order valence-corrected chi connectivity index (χ1v) is 7.76. The van der Waals surface area contributed by atoms with Gasteiger partial charge in [0.05, 0.1) is 6.04 Å². The van der Waals surface area contributed by atoms with Crippen molar-refractivity contribution in [3.8, 4) is 0 Å². The van der Waals surface area contributed by atoms with E-state index in [1.165, 1.54) is 12.1 Å². The highest BCUT2D eigenvalue weighted by atomic mass is 19.1. The third-order valence-corrected chi connectivity index (χ3v) is 4.55. The van der Waals surface area contributed by atoms with Crippen molar-refractivity contribution in [2.75, 3.05) is 5.32 Å². The Morgan fingerprint density at radius 3 is 2.96 bits per heavy atom. The van der Waals surface area contributed by atoms with Gasteiger partial charge in [-0.05, 0) is 52.8 Å². The minimum Gasteiger partial charge on any atom is -0.409 e. The summed E-state index contributed by atoms with van der Waals surface area (Å²) < 4.78 is 18.1. The van der Waals surface area contributed by atoms with Crippen molar-refractivity contribution in [2.45, 2.75) is 37.4 Å². The van der Waals surface area contributed by atoms with E-state index in [0.29, 0.717) is 12.2 Å². The lowest BCUT2D eigenvalue weighted by molar-refractivity contribution is 0.301. The van der Waals surface area contributed by atoms with Gasteiger partial charge in [-0.15, -0.1) is 0 Å². The molecule has 1 aromatic heterocycles. The van der Waals surface area contributed by atoms with Crippen molar-refractivity contribution >= 4 is 11.7 Å². The number of halogens is 1. The Morgan fingerprint density at radius 1 is 1.38 bits per heavy atom. The van der Waals surface area contributed by atoms with Gasteiger partial charge in [0.25, 0.3) is 0 Å². The predicted octanol–water partition coefficient (Wildman–Crippen LogP) is 1.13. The van der Waals surface area contributed by atoms with Crippen LogP contribution in [-0.2, 0) is 6.42 Å². The van der Waals surface area contributed by atoms with Gasteiger partial charge in [0.1, 0.15) is 5.82 Å². The molecule has 9 heteroatoms. The van der Waals surface area contributed by atoms with Crippen LogP contribution in [0.1, 0.15) is 35.7 Å². The summed E-state index contributed by atoms with van der Waals surface area (Å²) in [5.41, 5.74) is 7.95. The number of hydrogen-bond acceptors (Lipinski definition) is 7. The quantitative estimate of drug-likeness (QED) is 0.286. The molecule has 2 aromatic rings. The Kier molecular flexibility index (Phi) is 3.57. The largest absolute Gasteiger partial charge is 0.409 e. The van der Waals surface area contributed by atoms with Crippen molar-refractivity contribution in [1.82, 2.24) is 15.6 Å². The lowest BCUT2D eigenvalue weighted by Crippen LogP contribution is -2.45. The Hall–Kier alpha value is -2.68. The summed E-state index contributed by atoms with van der Waals surface area (Å²) in [5, 5.41) is 26.4. The maximum Gasteiger partial charge on any atom is 0.202 e. The number of anilines is 1. The summed E-state index contributed by atoms with van der Waals surface area (Å²) in [6, 6.07) is 4.90. The minimum absolute atomic E-state index is 0.127. The Labute approximate surface area is 136 Å². The second kappa shape index (κ2) is 5.75. The number of hydrogen-bond donors (Lipinski definition) is 4. The molecule has 8 nitrogen and oxygen atoms in total. The van der Waals surface area contributed by atoms with Crippen LogP contribution < -0.4 is 16.4 Å². The second-order valence-electron chi connectivity index (χ2n) is 6.23. The van der Waals surface area contributed by atoms with Gasteiger partial charge in [0, 0.05) is 12.1 Å². The molecule has 0 saturated heterocycles. The van der Waals surface area contributed by atoms with E-state index in [9.17, 15) is 9.60 Å². The summed E-state index contributed by atoms with van der Waals surface area (Å²) in [4.78, 5) is 0. The van der Waals surface area contributed by atoms with Crippen LogP contribution in [0.2, 0.25) is 0 Å². The first-order chi connectivity index (χ1) is 11.6. The molecule has 4 rings (SSSR count). The molecule has 24 heavy (non-hydrogen) atoms. The number of nitrogens with one attached hydrogen (secondary N) is 2. The molecular formula is C15H17FN6O2. The van der Waals surface area contributed by atoms with E-state index in [0.717, 1.165) is 24.0 Å². The van der Waals surface area contributed by atoms with E-state index in [4.69, 9.17) is 10.4 Å². The third-order valence-electron chi connectivity index (χ3n) is 4.55. The number of rotatable bonds is 4. The average molecular weight is 332 g/mol. The Balaban J connectivity index is 1.48. The number of fused-ring (bicyclic) bond motifs is 1. The zero-order valence-corrected chi connectivity index (χ0v) is 12.7. The van der Waals surface area contributed by atoms with Crippen LogP contribution in [-0.4, -0.2) is 33.4 Å². The fourth-order valence-corrected chi connectivity index (χ4v) is 3.12. The van der Waals surface area contributed by atoms with Crippen LogP contribution in [0, 0.1) is 5.82 Å². The predicted molar refractivity (Wildman–Crippen MR) is 83.2 cm³/mol. The van der Waals surface area contributed by atoms with Crippen LogP contribution in [0.15, 0.2) is 28.0 Å². The molecule has 0 amide bonds. The molecule has 2 aliphatic carbocycles. The molecule has 1 fully saturated rings. The van der Waals surface area contributed by atoms with E-state index in [-0.39, 0.29) is 35.5 Å². The Morgan fingerprint density at radius 2 is 2.21 bits per heavy atom. The smallest absolute Gasteiger partial charge is 0.202 e. The number of aromatic nitrogens is 2. The zero-order valence-electron chi connectivity index (χ0n) is 12.7. The fraction of sp³-hybridized carbons (Fsp3) is 0.400. The van der Waals surface area contributed by atoms with Crippen LogP contribution in [0.25, 0.3) is 0 Å². The molecule has 0 unspecified atom stereocenters. The maximum atomic E-state index is 13.4. The molecule has 1 saturated carbocycles. The second-order valence-corrected chi connectivity index (χ2v) is 6.23. The van der Waals surface area contributed by atoms with E-state index in [2.05, 4.69) is 26.1 Å². The molecule has 1 heterocycles. The highest BCUT2D eigenvalue weighted by Gasteiger charge is 2.31. The van der Waals surface area contributed by atoms with Gasteiger partial charge >= 0.3 is 0 Å². The first-order valence-electron chi connectivity index (χ1n) is 7.76. The van der Waals surface area contributed by atoms with E-state index < -0.39 is 0 Å². The van der Waals surface area contributed by atoms with Crippen LogP contribution in [0.4, 0.5) is 10.2 Å². The van der Waals surface area contributed by atoms with Crippen molar-refractivity contribution in [3.63, 3.8) is 0 Å². The lowest BCUT2D eigenvalue weighted by Gasteiger charge is -2.33. The molecule has 0 aliphatic heterocycles. The molecule has 2 aliphatic rings. The van der Waals surface area contributed by atoms with Gasteiger partial charge in [-0.3, -0.25) is 0 Å². The number of amidine groups is 1. The van der Waals surface area contributed by atoms with Crippen molar-refractivity contribution < 1.29 is 14.2 Å². The molecule has 0 spiro atoms. The van der Waals surface area contributed by atoms with E-state index >= 15 is 0 Å². The van der Waals surface area contributed by atoms with Crippen molar-refractivity contribution in [1.29, 1.82) is 0 Å². The van der Waals surface area contributed by atoms with Crippen molar-refractivity contribution in [3.05, 3.63) is 40.8 Å². The summed E-state index contributed by atoms with van der Waals surface area (Å²) in [7, 11) is 0. The monoisotopic (exact) mass is 332 g/mol. The van der Waals surface area contributed by atoms with Gasteiger partial charge in [-0.2, -0.15) is 0 Å². The SMILES string of the molecule is N[C@H]1C[C@H](Nc2nonc2/C(=N/O)N[C@H]2Cc3ccc(F)cc32)C1. The van der Waals surface area contributed by atoms with Gasteiger partial charge in [0.2, 0.25) is 5.82 Å². The summed E-state index contributed by atoms with van der Waals surface area (Å²) in [6.45, 7) is 0. The van der Waals surface area contributed by atoms with Gasteiger partial charge < -0.3 is 21.6 Å². The van der Waals surface area contributed by atoms with E-state index in [1.807, 2.05) is 0 Å². The van der Waals surface area contributed by atoms with Crippen LogP contribution in [0.3, 0.4) is 0 Å². The average Bonchev–Trinajstić information content (AvgIpc) is 2.97.